The summed E-state index contributed by atoms with van der Waals surface area (Å²) in [6, 6.07) is 1.71. The Hall–Kier alpha value is -1.38. The van der Waals surface area contributed by atoms with E-state index in [4.69, 9.17) is 0 Å². The summed E-state index contributed by atoms with van der Waals surface area (Å²) in [5.74, 6) is -0.0278. The van der Waals surface area contributed by atoms with Crippen LogP contribution in [0.25, 0.3) is 0 Å². The minimum absolute atomic E-state index is 0.00120. The number of carbonyl (C=O) groups excluding carboxylic acids is 2. The Morgan fingerprint density at radius 2 is 2.15 bits per heavy atom. The first kappa shape index (κ1) is 8.23. The molecule has 1 aromatic heterocycles. The number of nitrogens with one attached hydrogen (secondary N) is 1. The molecule has 68 valence electrons. The topological polar surface area (TPSA) is 49.9 Å². The van der Waals surface area contributed by atoms with Gasteiger partial charge in [0.1, 0.15) is 5.78 Å². The maximum atomic E-state index is 11.8. The van der Waals surface area contributed by atoms with Crippen molar-refractivity contribution in [3.63, 3.8) is 0 Å². The van der Waals surface area contributed by atoms with Crippen LogP contribution in [0.2, 0.25) is 0 Å². The molecule has 0 saturated heterocycles. The van der Waals surface area contributed by atoms with Gasteiger partial charge >= 0.3 is 0 Å². The summed E-state index contributed by atoms with van der Waals surface area (Å²) >= 11 is 0. The van der Waals surface area contributed by atoms with E-state index in [9.17, 15) is 9.59 Å². The molecule has 3 nitrogen and oxygen atoms in total. The lowest BCUT2D eigenvalue weighted by molar-refractivity contribution is -0.120. The number of H-pyrrole nitrogens is 1. The summed E-state index contributed by atoms with van der Waals surface area (Å²) in [5, 5.41) is 0. The van der Waals surface area contributed by atoms with Crippen LogP contribution in [0.3, 0.4) is 0 Å². The highest BCUT2D eigenvalue weighted by atomic mass is 16.2. The van der Waals surface area contributed by atoms with Gasteiger partial charge in [0, 0.05) is 18.0 Å². The van der Waals surface area contributed by atoms with Crippen molar-refractivity contribution < 1.29 is 9.59 Å². The number of carbonyl (C=O) groups is 2. The molecule has 0 amide bonds. The van der Waals surface area contributed by atoms with Crippen LogP contribution in [0.1, 0.15) is 30.1 Å². The van der Waals surface area contributed by atoms with Gasteiger partial charge in [-0.2, -0.15) is 0 Å². The molecule has 1 saturated carbocycles. The van der Waals surface area contributed by atoms with E-state index in [1.807, 2.05) is 0 Å². The zero-order chi connectivity index (χ0) is 9.47. The van der Waals surface area contributed by atoms with Gasteiger partial charge in [0.05, 0.1) is 5.41 Å². The van der Waals surface area contributed by atoms with E-state index in [1.54, 1.807) is 18.5 Å². The Morgan fingerprint density at radius 3 is 2.54 bits per heavy atom. The van der Waals surface area contributed by atoms with Crippen LogP contribution in [-0.2, 0) is 4.79 Å². The van der Waals surface area contributed by atoms with Crippen molar-refractivity contribution in [1.82, 2.24) is 4.98 Å². The van der Waals surface area contributed by atoms with E-state index in [1.165, 1.54) is 6.92 Å². The number of rotatable bonds is 3. The van der Waals surface area contributed by atoms with Crippen LogP contribution < -0.4 is 0 Å². The molecule has 2 rings (SSSR count). The molecule has 13 heavy (non-hydrogen) atoms. The normalized spacial score (nSPS) is 18.2. The monoisotopic (exact) mass is 177 g/mol. The molecule has 1 N–H and O–H groups in total. The van der Waals surface area contributed by atoms with Crippen molar-refractivity contribution in [3.8, 4) is 0 Å². The number of Topliss-reactive ketones (excluding diaryl/α,β-unsaturated/α-hetero) is 2. The van der Waals surface area contributed by atoms with Crippen molar-refractivity contribution in [2.24, 2.45) is 5.41 Å². The van der Waals surface area contributed by atoms with Gasteiger partial charge in [0.25, 0.3) is 0 Å². The molecule has 0 unspecified atom stereocenters. The Morgan fingerprint density at radius 1 is 1.46 bits per heavy atom. The second kappa shape index (κ2) is 2.55. The third-order valence-corrected chi connectivity index (χ3v) is 2.72. The predicted octanol–water partition coefficient (Wildman–Crippen LogP) is 1.57. The van der Waals surface area contributed by atoms with Crippen LogP contribution >= 0.6 is 0 Å². The van der Waals surface area contributed by atoms with Gasteiger partial charge in [-0.05, 0) is 25.8 Å². The fraction of sp³-hybridized carbons (Fsp3) is 0.400. The van der Waals surface area contributed by atoms with Gasteiger partial charge in [-0.3, -0.25) is 9.59 Å². The molecule has 0 aliphatic heterocycles. The molecule has 1 heterocycles. The molecule has 1 aromatic rings. The Kier molecular flexibility index (Phi) is 1.62. The van der Waals surface area contributed by atoms with Crippen molar-refractivity contribution in [2.75, 3.05) is 0 Å². The van der Waals surface area contributed by atoms with Crippen molar-refractivity contribution in [1.29, 1.82) is 0 Å². The lowest BCUT2D eigenvalue weighted by atomic mass is 9.93. The van der Waals surface area contributed by atoms with E-state index in [2.05, 4.69) is 4.98 Å². The molecular formula is C10H11NO2. The van der Waals surface area contributed by atoms with Gasteiger partial charge < -0.3 is 4.98 Å². The zero-order valence-electron chi connectivity index (χ0n) is 7.46. The molecule has 0 bridgehead atoms. The van der Waals surface area contributed by atoms with E-state index < -0.39 is 5.41 Å². The molecule has 1 fully saturated rings. The van der Waals surface area contributed by atoms with E-state index >= 15 is 0 Å². The number of ketones is 2. The fourth-order valence-electron chi connectivity index (χ4n) is 1.61. The number of hydrogen-bond acceptors (Lipinski definition) is 2. The molecule has 0 radical (unpaired) electrons. The van der Waals surface area contributed by atoms with Crippen molar-refractivity contribution in [2.45, 2.75) is 19.8 Å². The van der Waals surface area contributed by atoms with Gasteiger partial charge in [0.2, 0.25) is 0 Å². The second-order valence-electron chi connectivity index (χ2n) is 3.57. The van der Waals surface area contributed by atoms with Crippen LogP contribution in [0.4, 0.5) is 0 Å². The SMILES string of the molecule is CC(=O)C1(C(=O)c2cc[nH]c2)CC1. The maximum Gasteiger partial charge on any atom is 0.177 e. The smallest absolute Gasteiger partial charge is 0.177 e. The van der Waals surface area contributed by atoms with E-state index in [0.29, 0.717) is 18.4 Å². The lowest BCUT2D eigenvalue weighted by Crippen LogP contribution is -2.23. The zero-order valence-corrected chi connectivity index (χ0v) is 7.46. The quantitative estimate of drug-likeness (QED) is 0.562. The predicted molar refractivity (Wildman–Crippen MR) is 47.5 cm³/mol. The van der Waals surface area contributed by atoms with E-state index in [0.717, 1.165) is 0 Å². The average molecular weight is 177 g/mol. The van der Waals surface area contributed by atoms with Crippen LogP contribution in [0, 0.1) is 5.41 Å². The number of aromatic nitrogens is 1. The van der Waals surface area contributed by atoms with Gasteiger partial charge in [0.15, 0.2) is 5.78 Å². The minimum Gasteiger partial charge on any atom is -0.367 e. The molecular weight excluding hydrogens is 166 g/mol. The van der Waals surface area contributed by atoms with Crippen LogP contribution in [0.5, 0.6) is 0 Å². The first-order chi connectivity index (χ1) is 6.17. The van der Waals surface area contributed by atoms with Gasteiger partial charge in [-0.15, -0.1) is 0 Å². The maximum absolute atomic E-state index is 11.8. The third-order valence-electron chi connectivity index (χ3n) is 2.72. The Bertz CT molecular complexity index is 347. The lowest BCUT2D eigenvalue weighted by Gasteiger charge is -2.07. The highest BCUT2D eigenvalue weighted by Crippen LogP contribution is 2.48. The van der Waals surface area contributed by atoms with Crippen molar-refractivity contribution >= 4 is 11.6 Å². The summed E-state index contributed by atoms with van der Waals surface area (Å²) < 4.78 is 0. The Balaban J connectivity index is 2.28. The molecule has 1 aliphatic carbocycles. The molecule has 0 spiro atoms. The Labute approximate surface area is 76.1 Å². The first-order valence-corrected chi connectivity index (χ1v) is 4.35. The number of aromatic amines is 1. The molecule has 0 atom stereocenters. The van der Waals surface area contributed by atoms with Crippen molar-refractivity contribution in [3.05, 3.63) is 24.0 Å². The van der Waals surface area contributed by atoms with E-state index in [-0.39, 0.29) is 11.6 Å². The van der Waals surface area contributed by atoms with Gasteiger partial charge in [-0.25, -0.2) is 0 Å². The summed E-state index contributed by atoms with van der Waals surface area (Å²) in [7, 11) is 0. The number of hydrogen-bond donors (Lipinski definition) is 1. The highest BCUT2D eigenvalue weighted by molar-refractivity contribution is 6.16. The second-order valence-corrected chi connectivity index (χ2v) is 3.57. The fourth-order valence-corrected chi connectivity index (χ4v) is 1.61. The molecule has 0 aromatic carbocycles. The summed E-state index contributed by atoms with van der Waals surface area (Å²) in [4.78, 5) is 25.8. The van der Waals surface area contributed by atoms with Crippen LogP contribution in [0.15, 0.2) is 18.5 Å². The molecule has 3 heteroatoms. The third kappa shape index (κ3) is 1.11. The average Bonchev–Trinajstić information content (AvgIpc) is 2.74. The standard InChI is InChI=1S/C10H11NO2/c1-7(12)10(3-4-10)9(13)8-2-5-11-6-8/h2,5-6,11H,3-4H2,1H3. The van der Waals surface area contributed by atoms with Gasteiger partial charge in [-0.1, -0.05) is 0 Å². The molecule has 1 aliphatic rings. The highest BCUT2D eigenvalue weighted by Gasteiger charge is 2.53. The van der Waals surface area contributed by atoms with Crippen LogP contribution in [-0.4, -0.2) is 16.6 Å². The summed E-state index contributed by atoms with van der Waals surface area (Å²) in [6.45, 7) is 1.50. The largest absolute Gasteiger partial charge is 0.367 e. The summed E-state index contributed by atoms with van der Waals surface area (Å²) in [5.41, 5.74) is -0.0462. The first-order valence-electron chi connectivity index (χ1n) is 4.35. The summed E-state index contributed by atoms with van der Waals surface area (Å²) in [6.07, 6.45) is 4.77. The minimum atomic E-state index is -0.664.